The van der Waals surface area contributed by atoms with Crippen LogP contribution in [0, 0.1) is 0 Å². The van der Waals surface area contributed by atoms with Gasteiger partial charge in [-0.1, -0.05) is 265 Å². The first-order valence-corrected chi connectivity index (χ1v) is 30.9. The third-order valence-electron chi connectivity index (χ3n) is 13.0. The van der Waals surface area contributed by atoms with E-state index in [1.807, 2.05) is 0 Å². The molecule has 0 aromatic carbocycles. The summed E-state index contributed by atoms with van der Waals surface area (Å²) in [6.45, 7) is 6.48. The molecule has 74 heavy (non-hydrogen) atoms. The lowest BCUT2D eigenvalue weighted by atomic mass is 10.1. The standard InChI is InChI=1S/C68H114O6/c1-4-7-10-13-16-19-22-24-26-28-29-30-31-32-33-34-35-36-37-38-39-41-42-44-46-49-52-55-58-61-67(70)73-64-65(63-72-66(69)60-57-54-51-48-21-18-15-12-9-6-3)74-68(71)62-59-56-53-50-47-45-43-40-27-25-23-20-17-14-11-8-5-2/h7,10,16-17,19-20,24-27,29-30,32-33,35-36,38-39,65H,4-6,8-9,11-15,18,21-23,28,31,34,37,40-64H2,1-3H3/b10-7-,19-16-,20-17-,26-24-,27-25-,30-29-,33-32-,36-35-,39-38-. The lowest BCUT2D eigenvalue weighted by Crippen LogP contribution is -2.30. The Morgan fingerprint density at radius 3 is 0.851 bits per heavy atom. The first-order valence-electron chi connectivity index (χ1n) is 30.9. The highest BCUT2D eigenvalue weighted by molar-refractivity contribution is 5.71. The molecule has 1 unspecified atom stereocenters. The fourth-order valence-electron chi connectivity index (χ4n) is 8.39. The highest BCUT2D eigenvalue weighted by Crippen LogP contribution is 2.15. The molecular formula is C68H114O6. The second-order valence-corrected chi connectivity index (χ2v) is 20.2. The summed E-state index contributed by atoms with van der Waals surface area (Å²) in [5, 5.41) is 0. The van der Waals surface area contributed by atoms with Crippen LogP contribution in [0.4, 0.5) is 0 Å². The van der Waals surface area contributed by atoms with Gasteiger partial charge >= 0.3 is 17.9 Å². The Labute approximate surface area is 457 Å². The topological polar surface area (TPSA) is 78.9 Å². The fourth-order valence-corrected chi connectivity index (χ4v) is 8.39. The zero-order valence-electron chi connectivity index (χ0n) is 48.3. The minimum Gasteiger partial charge on any atom is -0.462 e. The van der Waals surface area contributed by atoms with E-state index in [0.717, 1.165) is 122 Å². The van der Waals surface area contributed by atoms with E-state index in [-0.39, 0.29) is 31.1 Å². The predicted octanol–water partition coefficient (Wildman–Crippen LogP) is 21.0. The van der Waals surface area contributed by atoms with Crippen molar-refractivity contribution in [2.24, 2.45) is 0 Å². The Balaban J connectivity index is 4.28. The second-order valence-electron chi connectivity index (χ2n) is 20.2. The first-order chi connectivity index (χ1) is 36.5. The number of unbranched alkanes of at least 4 members (excludes halogenated alkanes) is 26. The lowest BCUT2D eigenvalue weighted by molar-refractivity contribution is -0.167. The van der Waals surface area contributed by atoms with Crippen LogP contribution in [0.5, 0.6) is 0 Å². The predicted molar refractivity (Wildman–Crippen MR) is 320 cm³/mol. The van der Waals surface area contributed by atoms with Gasteiger partial charge in [0.05, 0.1) is 0 Å². The number of carbonyl (C=O) groups excluding carboxylic acids is 3. The van der Waals surface area contributed by atoms with Crippen LogP contribution in [0.15, 0.2) is 109 Å². The summed E-state index contributed by atoms with van der Waals surface area (Å²) in [5.41, 5.74) is 0. The van der Waals surface area contributed by atoms with E-state index in [2.05, 4.69) is 130 Å². The molecule has 0 fully saturated rings. The minimum atomic E-state index is -0.787. The maximum Gasteiger partial charge on any atom is 0.306 e. The Hall–Kier alpha value is -3.93. The van der Waals surface area contributed by atoms with Crippen molar-refractivity contribution in [2.75, 3.05) is 13.2 Å². The van der Waals surface area contributed by atoms with Crippen LogP contribution in [0.1, 0.15) is 284 Å². The van der Waals surface area contributed by atoms with Crippen LogP contribution in [0.2, 0.25) is 0 Å². The summed E-state index contributed by atoms with van der Waals surface area (Å²) in [5.74, 6) is -0.900. The van der Waals surface area contributed by atoms with Crippen molar-refractivity contribution in [2.45, 2.75) is 290 Å². The van der Waals surface area contributed by atoms with Gasteiger partial charge in [0.1, 0.15) is 13.2 Å². The van der Waals surface area contributed by atoms with Gasteiger partial charge in [-0.05, 0) is 109 Å². The Bertz CT molecular complexity index is 1510. The minimum absolute atomic E-state index is 0.0835. The molecule has 0 spiro atoms. The summed E-state index contributed by atoms with van der Waals surface area (Å²) in [6.07, 6.45) is 83.7. The van der Waals surface area contributed by atoms with Crippen molar-refractivity contribution in [1.82, 2.24) is 0 Å². The van der Waals surface area contributed by atoms with Crippen molar-refractivity contribution in [3.8, 4) is 0 Å². The summed E-state index contributed by atoms with van der Waals surface area (Å²) >= 11 is 0. The molecule has 6 nitrogen and oxygen atoms in total. The van der Waals surface area contributed by atoms with Gasteiger partial charge in [0.2, 0.25) is 0 Å². The normalized spacial score (nSPS) is 12.9. The molecule has 0 N–H and O–H groups in total. The number of carbonyl (C=O) groups is 3. The smallest absolute Gasteiger partial charge is 0.306 e. The molecule has 6 heteroatoms. The van der Waals surface area contributed by atoms with Gasteiger partial charge in [-0.3, -0.25) is 14.4 Å². The SMILES string of the molecule is CC/C=C\C/C=C\C/C=C\C/C=C\C/C=C\C/C=C\C/C=C\CCCCCCCCCC(=O)OCC(COC(=O)CCCCCCCCCCCC)OC(=O)CCCCCCCCC/C=C\C/C=C\CCCCC. The van der Waals surface area contributed by atoms with Crippen LogP contribution in [-0.2, 0) is 28.6 Å². The van der Waals surface area contributed by atoms with Crippen molar-refractivity contribution < 1.29 is 28.6 Å². The number of esters is 3. The van der Waals surface area contributed by atoms with Crippen molar-refractivity contribution in [3.05, 3.63) is 109 Å². The van der Waals surface area contributed by atoms with Gasteiger partial charge in [0.15, 0.2) is 6.10 Å². The lowest BCUT2D eigenvalue weighted by Gasteiger charge is -2.18. The number of hydrogen-bond donors (Lipinski definition) is 0. The van der Waals surface area contributed by atoms with Crippen LogP contribution >= 0.6 is 0 Å². The molecule has 0 saturated heterocycles. The van der Waals surface area contributed by atoms with Gasteiger partial charge in [-0.15, -0.1) is 0 Å². The van der Waals surface area contributed by atoms with E-state index < -0.39 is 6.10 Å². The Morgan fingerprint density at radius 1 is 0.284 bits per heavy atom. The van der Waals surface area contributed by atoms with E-state index in [4.69, 9.17) is 14.2 Å². The molecule has 0 amide bonds. The number of ether oxygens (including phenoxy) is 3. The van der Waals surface area contributed by atoms with E-state index in [0.29, 0.717) is 19.3 Å². The van der Waals surface area contributed by atoms with Crippen LogP contribution in [0.3, 0.4) is 0 Å². The first kappa shape index (κ1) is 70.1. The van der Waals surface area contributed by atoms with Crippen LogP contribution in [0.25, 0.3) is 0 Å². The average Bonchev–Trinajstić information content (AvgIpc) is 3.40. The largest absolute Gasteiger partial charge is 0.462 e. The van der Waals surface area contributed by atoms with E-state index in [1.54, 1.807) is 0 Å². The zero-order valence-corrected chi connectivity index (χ0v) is 48.3. The summed E-state index contributed by atoms with van der Waals surface area (Å²) in [7, 11) is 0. The molecule has 0 aliphatic heterocycles. The molecule has 0 aromatic rings. The van der Waals surface area contributed by atoms with E-state index >= 15 is 0 Å². The van der Waals surface area contributed by atoms with Gasteiger partial charge in [-0.2, -0.15) is 0 Å². The highest BCUT2D eigenvalue weighted by Gasteiger charge is 2.19. The maximum absolute atomic E-state index is 12.9. The van der Waals surface area contributed by atoms with Crippen molar-refractivity contribution >= 4 is 17.9 Å². The maximum atomic E-state index is 12.9. The molecule has 0 saturated carbocycles. The van der Waals surface area contributed by atoms with Gasteiger partial charge < -0.3 is 14.2 Å². The molecule has 1 atom stereocenters. The molecule has 422 valence electrons. The molecule has 0 aliphatic carbocycles. The summed E-state index contributed by atoms with van der Waals surface area (Å²) in [4.78, 5) is 38.2. The molecule has 0 radical (unpaired) electrons. The third-order valence-corrected chi connectivity index (χ3v) is 13.0. The van der Waals surface area contributed by atoms with Gasteiger partial charge in [-0.25, -0.2) is 0 Å². The quantitative estimate of drug-likeness (QED) is 0.0261. The molecule has 0 aliphatic rings. The molecule has 0 bridgehead atoms. The Kier molecular flexibility index (Phi) is 58.3. The number of allylic oxidation sites excluding steroid dienone is 18. The van der Waals surface area contributed by atoms with E-state index in [9.17, 15) is 14.4 Å². The second kappa shape index (κ2) is 61.6. The third kappa shape index (κ3) is 59.0. The summed E-state index contributed by atoms with van der Waals surface area (Å²) in [6, 6.07) is 0. The van der Waals surface area contributed by atoms with Crippen molar-refractivity contribution in [3.63, 3.8) is 0 Å². The molecule has 0 heterocycles. The van der Waals surface area contributed by atoms with E-state index in [1.165, 1.54) is 122 Å². The molecule has 0 rings (SSSR count). The summed E-state index contributed by atoms with van der Waals surface area (Å²) < 4.78 is 16.9. The molecular weight excluding hydrogens is 913 g/mol. The average molecular weight is 1030 g/mol. The Morgan fingerprint density at radius 2 is 0.527 bits per heavy atom. The fraction of sp³-hybridized carbons (Fsp3) is 0.691. The monoisotopic (exact) mass is 1030 g/mol. The van der Waals surface area contributed by atoms with Crippen molar-refractivity contribution in [1.29, 1.82) is 0 Å². The zero-order chi connectivity index (χ0) is 53.6. The number of rotatable bonds is 55. The van der Waals surface area contributed by atoms with Gasteiger partial charge in [0, 0.05) is 19.3 Å². The molecule has 0 aromatic heterocycles. The highest BCUT2D eigenvalue weighted by atomic mass is 16.6. The van der Waals surface area contributed by atoms with Crippen LogP contribution < -0.4 is 0 Å². The number of hydrogen-bond acceptors (Lipinski definition) is 6. The van der Waals surface area contributed by atoms with Crippen LogP contribution in [-0.4, -0.2) is 37.2 Å². The van der Waals surface area contributed by atoms with Gasteiger partial charge in [0.25, 0.3) is 0 Å².